The molecule has 3 aliphatic heterocycles. The molecule has 1 aromatic rings. The van der Waals surface area contributed by atoms with Gasteiger partial charge in [0.2, 0.25) is 0 Å². The van der Waals surface area contributed by atoms with E-state index in [9.17, 15) is 4.79 Å². The first-order chi connectivity index (χ1) is 10.7. The highest BCUT2D eigenvalue weighted by Crippen LogP contribution is 2.19. The number of fused-ring (bicyclic) bond motifs is 3. The third kappa shape index (κ3) is 3.39. The first-order valence-electron chi connectivity index (χ1n) is 7.66. The van der Waals surface area contributed by atoms with Crippen molar-refractivity contribution in [3.8, 4) is 0 Å². The predicted molar refractivity (Wildman–Crippen MR) is 84.1 cm³/mol. The zero-order valence-corrected chi connectivity index (χ0v) is 12.6. The fraction of sp³-hybridized carbons (Fsp3) is 0.533. The number of azide groups is 1. The van der Waals surface area contributed by atoms with Crippen molar-refractivity contribution in [2.45, 2.75) is 6.54 Å². The first kappa shape index (κ1) is 14.8. The SMILES string of the molecule is [N-]=[N+]=NCc1ccc(NC(=O)C[N+]23CCN(CC2)CC3)cc1. The van der Waals surface area contributed by atoms with Gasteiger partial charge in [0, 0.05) is 30.2 Å². The molecule has 0 aliphatic carbocycles. The highest BCUT2D eigenvalue weighted by Gasteiger charge is 2.39. The Morgan fingerprint density at radius 3 is 2.45 bits per heavy atom. The van der Waals surface area contributed by atoms with E-state index in [4.69, 9.17) is 5.53 Å². The number of hydrogen-bond acceptors (Lipinski definition) is 3. The Morgan fingerprint density at radius 2 is 1.86 bits per heavy atom. The van der Waals surface area contributed by atoms with Crippen LogP contribution in [0.2, 0.25) is 0 Å². The van der Waals surface area contributed by atoms with Gasteiger partial charge in [0.15, 0.2) is 6.54 Å². The van der Waals surface area contributed by atoms with Gasteiger partial charge < -0.3 is 9.80 Å². The van der Waals surface area contributed by atoms with E-state index in [1.807, 2.05) is 24.3 Å². The standard InChI is InChI=1S/C15H20N6O/c16-19-17-11-13-1-3-14(4-2-13)18-15(22)12-21-8-5-20(6-9-21)7-10-21/h1-4H,5-12H2/p+1. The molecule has 116 valence electrons. The zero-order valence-electron chi connectivity index (χ0n) is 12.6. The second-order valence-corrected chi connectivity index (χ2v) is 6.15. The van der Waals surface area contributed by atoms with Crippen LogP contribution in [0.25, 0.3) is 10.4 Å². The largest absolute Gasteiger partial charge is 0.321 e. The van der Waals surface area contributed by atoms with Gasteiger partial charge in [-0.05, 0) is 23.2 Å². The molecule has 0 aromatic heterocycles. The lowest BCUT2D eigenvalue weighted by molar-refractivity contribution is -0.933. The average molecular weight is 301 g/mol. The van der Waals surface area contributed by atoms with Crippen molar-refractivity contribution in [1.82, 2.24) is 4.90 Å². The van der Waals surface area contributed by atoms with Crippen molar-refractivity contribution in [2.75, 3.05) is 51.1 Å². The van der Waals surface area contributed by atoms with Gasteiger partial charge in [-0.1, -0.05) is 17.2 Å². The molecule has 0 saturated carbocycles. The second kappa shape index (κ2) is 6.36. The summed E-state index contributed by atoms with van der Waals surface area (Å²) in [7, 11) is 0. The average Bonchev–Trinajstić information content (AvgIpc) is 2.55. The van der Waals surface area contributed by atoms with Gasteiger partial charge in [-0.2, -0.15) is 0 Å². The highest BCUT2D eigenvalue weighted by atomic mass is 16.2. The molecule has 2 bridgehead atoms. The van der Waals surface area contributed by atoms with E-state index in [2.05, 4.69) is 20.2 Å². The first-order valence-corrected chi connectivity index (χ1v) is 7.66. The van der Waals surface area contributed by atoms with Gasteiger partial charge in [0.25, 0.3) is 5.91 Å². The summed E-state index contributed by atoms with van der Waals surface area (Å²) < 4.78 is 0.928. The maximum Gasteiger partial charge on any atom is 0.279 e. The van der Waals surface area contributed by atoms with Gasteiger partial charge in [0.1, 0.15) is 0 Å². The molecule has 0 spiro atoms. The van der Waals surface area contributed by atoms with E-state index in [1.54, 1.807) is 0 Å². The fourth-order valence-electron chi connectivity index (χ4n) is 3.28. The van der Waals surface area contributed by atoms with Crippen molar-refractivity contribution in [1.29, 1.82) is 0 Å². The molecular weight excluding hydrogens is 280 g/mol. The van der Waals surface area contributed by atoms with E-state index in [-0.39, 0.29) is 5.91 Å². The number of carbonyl (C=O) groups is 1. The predicted octanol–water partition coefficient (Wildman–Crippen LogP) is 1.58. The van der Waals surface area contributed by atoms with Crippen LogP contribution in [-0.4, -0.2) is 61.1 Å². The second-order valence-electron chi connectivity index (χ2n) is 6.15. The molecule has 0 radical (unpaired) electrons. The lowest BCUT2D eigenvalue weighted by Gasteiger charge is -2.50. The number of nitrogens with zero attached hydrogens (tertiary/aromatic N) is 5. The molecule has 1 aromatic carbocycles. The van der Waals surface area contributed by atoms with Crippen molar-refractivity contribution in [3.05, 3.63) is 40.3 Å². The third-order valence-corrected chi connectivity index (χ3v) is 4.70. The molecule has 7 heteroatoms. The zero-order chi connectivity index (χ0) is 15.4. The van der Waals surface area contributed by atoms with Crippen LogP contribution >= 0.6 is 0 Å². The topological polar surface area (TPSA) is 81.1 Å². The third-order valence-electron chi connectivity index (χ3n) is 4.70. The number of quaternary nitrogens is 1. The summed E-state index contributed by atoms with van der Waals surface area (Å²) in [5.74, 6) is 0.0816. The van der Waals surface area contributed by atoms with Crippen LogP contribution in [-0.2, 0) is 11.3 Å². The summed E-state index contributed by atoms with van der Waals surface area (Å²) in [6.45, 7) is 7.48. The Kier molecular flexibility index (Phi) is 4.29. The van der Waals surface area contributed by atoms with Gasteiger partial charge in [-0.3, -0.25) is 9.69 Å². The summed E-state index contributed by atoms with van der Waals surface area (Å²) in [6.07, 6.45) is 0. The monoisotopic (exact) mass is 301 g/mol. The quantitative estimate of drug-likeness (QED) is 0.388. The maximum atomic E-state index is 12.3. The summed E-state index contributed by atoms with van der Waals surface area (Å²) in [5, 5.41) is 6.50. The smallest absolute Gasteiger partial charge is 0.279 e. The van der Waals surface area contributed by atoms with Gasteiger partial charge in [0.05, 0.1) is 26.2 Å². The Balaban J connectivity index is 1.56. The van der Waals surface area contributed by atoms with Crippen molar-refractivity contribution in [2.24, 2.45) is 5.11 Å². The Bertz CT molecular complexity index is 571. The number of anilines is 1. The number of carbonyl (C=O) groups excluding carboxylic acids is 1. The Hall–Kier alpha value is -2.08. The molecule has 0 unspecified atom stereocenters. The van der Waals surface area contributed by atoms with E-state index in [0.29, 0.717) is 13.1 Å². The fourth-order valence-corrected chi connectivity index (χ4v) is 3.28. The lowest BCUT2D eigenvalue weighted by atomic mass is 10.1. The molecule has 1 amide bonds. The van der Waals surface area contributed by atoms with E-state index in [1.165, 1.54) is 0 Å². The lowest BCUT2D eigenvalue weighted by Crippen LogP contribution is -2.68. The highest BCUT2D eigenvalue weighted by molar-refractivity contribution is 5.91. The molecule has 3 aliphatic rings. The van der Waals surface area contributed by atoms with Crippen LogP contribution in [0.4, 0.5) is 5.69 Å². The normalized spacial score (nSPS) is 26.3. The minimum absolute atomic E-state index is 0.0816. The van der Waals surface area contributed by atoms with Crippen molar-refractivity contribution < 1.29 is 9.28 Å². The van der Waals surface area contributed by atoms with Crippen molar-refractivity contribution in [3.63, 3.8) is 0 Å². The van der Waals surface area contributed by atoms with E-state index in [0.717, 1.165) is 55.0 Å². The summed E-state index contributed by atoms with van der Waals surface area (Å²) in [5.41, 5.74) is 10.0. The molecular formula is C15H21N6O+. The number of rotatable bonds is 5. The molecule has 1 N–H and O–H groups in total. The van der Waals surface area contributed by atoms with Crippen LogP contribution in [0.1, 0.15) is 5.56 Å². The van der Waals surface area contributed by atoms with E-state index >= 15 is 0 Å². The molecule has 3 fully saturated rings. The minimum atomic E-state index is 0.0816. The Labute approximate surface area is 129 Å². The van der Waals surface area contributed by atoms with Crippen LogP contribution in [0.15, 0.2) is 29.4 Å². The van der Waals surface area contributed by atoms with Gasteiger partial charge >= 0.3 is 0 Å². The van der Waals surface area contributed by atoms with Crippen LogP contribution in [0.5, 0.6) is 0 Å². The summed E-state index contributed by atoms with van der Waals surface area (Å²) >= 11 is 0. The molecule has 4 rings (SSSR count). The van der Waals surface area contributed by atoms with Crippen molar-refractivity contribution >= 4 is 11.6 Å². The summed E-state index contributed by atoms with van der Waals surface area (Å²) in [4.78, 5) is 17.5. The minimum Gasteiger partial charge on any atom is -0.321 e. The van der Waals surface area contributed by atoms with Gasteiger partial charge in [-0.15, -0.1) is 0 Å². The molecule has 3 heterocycles. The molecule has 3 saturated heterocycles. The Morgan fingerprint density at radius 1 is 1.23 bits per heavy atom. The number of nitrogens with one attached hydrogen (secondary N) is 1. The van der Waals surface area contributed by atoms with E-state index < -0.39 is 0 Å². The molecule has 22 heavy (non-hydrogen) atoms. The maximum absolute atomic E-state index is 12.3. The number of piperazine rings is 3. The molecule has 0 atom stereocenters. The van der Waals surface area contributed by atoms with Crippen LogP contribution in [0, 0.1) is 0 Å². The summed E-state index contributed by atoms with van der Waals surface area (Å²) in [6, 6.07) is 7.45. The van der Waals surface area contributed by atoms with Crippen LogP contribution in [0.3, 0.4) is 0 Å². The van der Waals surface area contributed by atoms with Gasteiger partial charge in [-0.25, -0.2) is 0 Å². The number of hydrogen-bond donors (Lipinski definition) is 1. The van der Waals surface area contributed by atoms with Crippen LogP contribution < -0.4 is 5.32 Å². The molecule has 7 nitrogen and oxygen atoms in total. The number of amides is 1. The number of benzene rings is 1.